The zero-order chi connectivity index (χ0) is 9.40. The van der Waals surface area contributed by atoms with E-state index in [-0.39, 0.29) is 0 Å². The average molecular weight is 170 g/mol. The first kappa shape index (κ1) is 11.7. The van der Waals surface area contributed by atoms with E-state index in [0.717, 1.165) is 32.0 Å². The maximum absolute atomic E-state index is 5.44. The van der Waals surface area contributed by atoms with E-state index in [2.05, 4.69) is 25.5 Å². The second-order valence-electron chi connectivity index (χ2n) is 3.55. The minimum absolute atomic E-state index is 0.749. The molecule has 0 heterocycles. The molecule has 0 aliphatic rings. The zero-order valence-corrected chi connectivity index (χ0v) is 8.42. The Labute approximate surface area is 76.4 Å². The van der Waals surface area contributed by atoms with Crippen LogP contribution in [0.1, 0.15) is 19.8 Å². The van der Waals surface area contributed by atoms with Crippen molar-refractivity contribution < 1.29 is 0 Å². The Kier molecular flexibility index (Phi) is 7.11. The molecule has 0 aromatic rings. The molecule has 0 spiro atoms. The van der Waals surface area contributed by atoms with Gasteiger partial charge in [0, 0.05) is 13.1 Å². The van der Waals surface area contributed by atoms with Gasteiger partial charge in [-0.15, -0.1) is 6.58 Å². The topological polar surface area (TPSA) is 29.3 Å². The summed E-state index contributed by atoms with van der Waals surface area (Å²) in [7, 11) is 2.13. The van der Waals surface area contributed by atoms with Crippen LogP contribution >= 0.6 is 0 Å². The predicted molar refractivity (Wildman–Crippen MR) is 55.1 cm³/mol. The Balaban J connectivity index is 3.39. The van der Waals surface area contributed by atoms with Crippen LogP contribution in [0.3, 0.4) is 0 Å². The Bertz CT molecular complexity index is 112. The molecule has 0 aromatic heterocycles. The van der Waals surface area contributed by atoms with E-state index in [9.17, 15) is 0 Å². The lowest BCUT2D eigenvalue weighted by molar-refractivity contribution is 0.300. The lowest BCUT2D eigenvalue weighted by Gasteiger charge is -2.19. The molecule has 2 nitrogen and oxygen atoms in total. The third kappa shape index (κ3) is 6.38. The van der Waals surface area contributed by atoms with E-state index in [1.165, 1.54) is 6.42 Å². The molecule has 0 saturated heterocycles. The number of likely N-dealkylation sites (N-methyl/N-ethyl adjacent to an activating group) is 1. The zero-order valence-electron chi connectivity index (χ0n) is 8.42. The summed E-state index contributed by atoms with van der Waals surface area (Å²) in [6.07, 6.45) is 4.32. The fraction of sp³-hybridized carbons (Fsp3) is 0.800. The van der Waals surface area contributed by atoms with Crippen LogP contribution in [0.2, 0.25) is 0 Å². The van der Waals surface area contributed by atoms with E-state index in [1.54, 1.807) is 0 Å². The number of hydrogen-bond donors (Lipinski definition) is 1. The Morgan fingerprint density at radius 3 is 2.75 bits per heavy atom. The molecular weight excluding hydrogens is 148 g/mol. The summed E-state index contributed by atoms with van der Waals surface area (Å²) in [6, 6.07) is 0. The summed E-state index contributed by atoms with van der Waals surface area (Å²) >= 11 is 0. The molecular formula is C10H22N2. The largest absolute Gasteiger partial charge is 0.330 e. The van der Waals surface area contributed by atoms with Gasteiger partial charge in [-0.25, -0.2) is 0 Å². The van der Waals surface area contributed by atoms with Gasteiger partial charge in [0.1, 0.15) is 0 Å². The number of nitrogens with zero attached hydrogens (tertiary/aromatic N) is 1. The first-order valence-electron chi connectivity index (χ1n) is 4.70. The number of hydrogen-bond acceptors (Lipinski definition) is 2. The minimum Gasteiger partial charge on any atom is -0.330 e. The molecule has 0 amide bonds. The third-order valence-corrected chi connectivity index (χ3v) is 1.97. The molecule has 0 aliphatic heterocycles. The van der Waals surface area contributed by atoms with Gasteiger partial charge in [-0.2, -0.15) is 0 Å². The van der Waals surface area contributed by atoms with Gasteiger partial charge in [-0.05, 0) is 32.4 Å². The highest BCUT2D eigenvalue weighted by Gasteiger charge is 2.03. The highest BCUT2D eigenvalue weighted by atomic mass is 15.1. The molecule has 0 saturated carbocycles. The van der Waals surface area contributed by atoms with Crippen LogP contribution < -0.4 is 5.73 Å². The second-order valence-corrected chi connectivity index (χ2v) is 3.55. The normalized spacial score (nSPS) is 13.3. The van der Waals surface area contributed by atoms with E-state index >= 15 is 0 Å². The summed E-state index contributed by atoms with van der Waals surface area (Å²) in [4.78, 5) is 2.29. The van der Waals surface area contributed by atoms with Crippen LogP contribution in [0, 0.1) is 5.92 Å². The van der Waals surface area contributed by atoms with Gasteiger partial charge in [-0.1, -0.05) is 13.0 Å². The van der Waals surface area contributed by atoms with Crippen LogP contribution in [-0.4, -0.2) is 31.6 Å². The minimum atomic E-state index is 0.749. The lowest BCUT2D eigenvalue weighted by atomic mass is 10.1. The van der Waals surface area contributed by atoms with E-state index < -0.39 is 0 Å². The van der Waals surface area contributed by atoms with Crippen LogP contribution in [0.4, 0.5) is 0 Å². The van der Waals surface area contributed by atoms with Crippen molar-refractivity contribution in [1.82, 2.24) is 4.90 Å². The van der Waals surface area contributed by atoms with Crippen molar-refractivity contribution in [2.75, 3.05) is 26.7 Å². The van der Waals surface area contributed by atoms with Crippen molar-refractivity contribution in [3.05, 3.63) is 12.7 Å². The van der Waals surface area contributed by atoms with Crippen molar-refractivity contribution >= 4 is 0 Å². The van der Waals surface area contributed by atoms with Gasteiger partial charge in [0.15, 0.2) is 0 Å². The Morgan fingerprint density at radius 2 is 2.25 bits per heavy atom. The quantitative estimate of drug-likeness (QED) is 0.586. The predicted octanol–water partition coefficient (Wildman–Crippen LogP) is 1.48. The van der Waals surface area contributed by atoms with Crippen molar-refractivity contribution in [1.29, 1.82) is 0 Å². The van der Waals surface area contributed by atoms with Crippen molar-refractivity contribution in [2.24, 2.45) is 11.7 Å². The molecule has 12 heavy (non-hydrogen) atoms. The highest BCUT2D eigenvalue weighted by Crippen LogP contribution is 2.05. The standard InChI is InChI=1S/C10H22N2/c1-4-8-12(3)9-10(2)6-5-7-11/h4,10H,1,5-9,11H2,2-3H3. The summed E-state index contributed by atoms with van der Waals surface area (Å²) in [5.41, 5.74) is 5.44. The smallest absolute Gasteiger partial charge is 0.0157 e. The molecule has 0 aromatic carbocycles. The van der Waals surface area contributed by atoms with Gasteiger partial charge < -0.3 is 10.6 Å². The molecule has 2 N–H and O–H groups in total. The van der Waals surface area contributed by atoms with E-state index in [4.69, 9.17) is 5.73 Å². The maximum Gasteiger partial charge on any atom is 0.0157 e. The summed E-state index contributed by atoms with van der Waals surface area (Å²) < 4.78 is 0. The van der Waals surface area contributed by atoms with Crippen LogP contribution in [-0.2, 0) is 0 Å². The van der Waals surface area contributed by atoms with Crippen LogP contribution in [0.5, 0.6) is 0 Å². The fourth-order valence-corrected chi connectivity index (χ4v) is 1.38. The van der Waals surface area contributed by atoms with Gasteiger partial charge in [0.25, 0.3) is 0 Å². The SMILES string of the molecule is C=CCN(C)CC(C)CCCN. The van der Waals surface area contributed by atoms with E-state index in [1.807, 2.05) is 6.08 Å². The Hall–Kier alpha value is -0.340. The first-order chi connectivity index (χ1) is 5.70. The van der Waals surface area contributed by atoms with Gasteiger partial charge >= 0.3 is 0 Å². The molecule has 0 bridgehead atoms. The van der Waals surface area contributed by atoms with Gasteiger partial charge in [-0.3, -0.25) is 0 Å². The maximum atomic E-state index is 5.44. The van der Waals surface area contributed by atoms with Crippen LogP contribution in [0.25, 0.3) is 0 Å². The first-order valence-corrected chi connectivity index (χ1v) is 4.70. The highest BCUT2D eigenvalue weighted by molar-refractivity contribution is 4.72. The monoisotopic (exact) mass is 170 g/mol. The van der Waals surface area contributed by atoms with Crippen molar-refractivity contribution in [3.63, 3.8) is 0 Å². The van der Waals surface area contributed by atoms with Crippen molar-refractivity contribution in [2.45, 2.75) is 19.8 Å². The lowest BCUT2D eigenvalue weighted by Crippen LogP contribution is -2.24. The molecule has 0 fully saturated rings. The Morgan fingerprint density at radius 1 is 1.58 bits per heavy atom. The average Bonchev–Trinajstić information content (AvgIpc) is 2.01. The van der Waals surface area contributed by atoms with Gasteiger partial charge in [0.05, 0.1) is 0 Å². The molecule has 1 atom stereocenters. The second kappa shape index (κ2) is 7.32. The summed E-state index contributed by atoms with van der Waals surface area (Å²) in [5, 5.41) is 0. The number of rotatable bonds is 7. The summed E-state index contributed by atoms with van der Waals surface area (Å²) in [6.45, 7) is 8.92. The van der Waals surface area contributed by atoms with Crippen molar-refractivity contribution in [3.8, 4) is 0 Å². The van der Waals surface area contributed by atoms with Gasteiger partial charge in [0.2, 0.25) is 0 Å². The molecule has 1 unspecified atom stereocenters. The summed E-state index contributed by atoms with van der Waals surface area (Å²) in [5.74, 6) is 0.749. The molecule has 0 aliphatic carbocycles. The third-order valence-electron chi connectivity index (χ3n) is 1.97. The molecule has 0 rings (SSSR count). The molecule has 72 valence electrons. The molecule has 0 radical (unpaired) electrons. The number of nitrogens with two attached hydrogens (primary N) is 1. The van der Waals surface area contributed by atoms with Crippen LogP contribution in [0.15, 0.2) is 12.7 Å². The molecule has 2 heteroatoms. The van der Waals surface area contributed by atoms with E-state index in [0.29, 0.717) is 0 Å². The fourth-order valence-electron chi connectivity index (χ4n) is 1.38.